The first-order chi connectivity index (χ1) is 13.5. The van der Waals surface area contributed by atoms with Crippen LogP contribution in [-0.2, 0) is 0 Å². The van der Waals surface area contributed by atoms with Crippen LogP contribution in [0.4, 0.5) is 11.4 Å². The van der Waals surface area contributed by atoms with Crippen molar-refractivity contribution >= 4 is 35.1 Å². The molecule has 2 N–H and O–H groups in total. The number of aliphatic imine (C=N–C) groups is 1. The molecule has 0 aromatic heterocycles. The second-order valence-electron chi connectivity index (χ2n) is 6.17. The SMILES string of the molecule is COc1cc(Cl)cc(C=Nc2ccc(NC(=O)c3cccc(C)c3)cc2)c1O. The minimum absolute atomic E-state index is 0.0299. The van der Waals surface area contributed by atoms with E-state index in [0.717, 1.165) is 5.56 Å². The topological polar surface area (TPSA) is 70.9 Å². The first-order valence-corrected chi connectivity index (χ1v) is 8.92. The van der Waals surface area contributed by atoms with E-state index >= 15 is 0 Å². The highest BCUT2D eigenvalue weighted by Crippen LogP contribution is 2.32. The molecule has 0 spiro atoms. The number of anilines is 1. The molecule has 0 aliphatic carbocycles. The molecule has 0 atom stereocenters. The molecule has 0 heterocycles. The average Bonchev–Trinajstić information content (AvgIpc) is 2.69. The van der Waals surface area contributed by atoms with Gasteiger partial charge in [-0.15, -0.1) is 0 Å². The van der Waals surface area contributed by atoms with Crippen molar-refractivity contribution in [3.63, 3.8) is 0 Å². The van der Waals surface area contributed by atoms with Crippen LogP contribution < -0.4 is 10.1 Å². The van der Waals surface area contributed by atoms with Gasteiger partial charge in [-0.05, 0) is 49.4 Å². The zero-order chi connectivity index (χ0) is 20.1. The van der Waals surface area contributed by atoms with Crippen molar-refractivity contribution in [3.8, 4) is 11.5 Å². The number of benzene rings is 3. The number of phenols is 1. The Labute approximate surface area is 168 Å². The fourth-order valence-corrected chi connectivity index (χ4v) is 2.83. The van der Waals surface area contributed by atoms with E-state index in [0.29, 0.717) is 27.5 Å². The van der Waals surface area contributed by atoms with Gasteiger partial charge in [-0.25, -0.2) is 0 Å². The van der Waals surface area contributed by atoms with E-state index in [1.54, 1.807) is 36.4 Å². The van der Waals surface area contributed by atoms with Gasteiger partial charge < -0.3 is 15.2 Å². The van der Waals surface area contributed by atoms with Crippen LogP contribution in [-0.4, -0.2) is 24.3 Å². The second kappa shape index (κ2) is 8.59. The van der Waals surface area contributed by atoms with Crippen molar-refractivity contribution in [1.82, 2.24) is 0 Å². The molecule has 0 radical (unpaired) electrons. The third-order valence-corrected chi connectivity index (χ3v) is 4.27. The summed E-state index contributed by atoms with van der Waals surface area (Å²) in [5.41, 5.74) is 3.40. The molecule has 0 saturated heterocycles. The minimum atomic E-state index is -0.170. The number of aromatic hydroxyl groups is 1. The predicted octanol–water partition coefficient (Wildman–Crippen LogP) is 5.37. The summed E-state index contributed by atoms with van der Waals surface area (Å²) >= 11 is 6.02. The highest BCUT2D eigenvalue weighted by Gasteiger charge is 2.09. The number of halogens is 1. The smallest absolute Gasteiger partial charge is 0.255 e. The number of ether oxygens (including phenoxy) is 1. The molecule has 3 aromatic carbocycles. The minimum Gasteiger partial charge on any atom is -0.504 e. The molecule has 28 heavy (non-hydrogen) atoms. The van der Waals surface area contributed by atoms with Gasteiger partial charge in [-0.1, -0.05) is 29.3 Å². The van der Waals surface area contributed by atoms with Crippen molar-refractivity contribution in [2.24, 2.45) is 4.99 Å². The molecule has 0 fully saturated rings. The fourth-order valence-electron chi connectivity index (χ4n) is 2.61. The number of carbonyl (C=O) groups excluding carboxylic acids is 1. The van der Waals surface area contributed by atoms with Crippen LogP contribution in [0.25, 0.3) is 0 Å². The molecule has 0 saturated carbocycles. The summed E-state index contributed by atoms with van der Waals surface area (Å²) in [5.74, 6) is 0.0803. The monoisotopic (exact) mass is 394 g/mol. The van der Waals surface area contributed by atoms with Gasteiger partial charge >= 0.3 is 0 Å². The number of phenolic OH excluding ortho intramolecular Hbond substituents is 1. The zero-order valence-corrected chi connectivity index (χ0v) is 16.2. The normalized spacial score (nSPS) is 10.8. The number of methoxy groups -OCH3 is 1. The third-order valence-electron chi connectivity index (χ3n) is 4.05. The molecule has 142 valence electrons. The summed E-state index contributed by atoms with van der Waals surface area (Å²) in [6, 6.07) is 17.6. The third kappa shape index (κ3) is 4.69. The summed E-state index contributed by atoms with van der Waals surface area (Å²) in [7, 11) is 1.45. The quantitative estimate of drug-likeness (QED) is 0.572. The van der Waals surface area contributed by atoms with Crippen LogP contribution in [0.15, 0.2) is 65.7 Å². The Kier molecular flexibility index (Phi) is 5.96. The number of amides is 1. The van der Waals surface area contributed by atoms with Gasteiger partial charge in [0, 0.05) is 34.1 Å². The molecular weight excluding hydrogens is 376 g/mol. The maximum absolute atomic E-state index is 12.3. The summed E-state index contributed by atoms with van der Waals surface area (Å²) in [6.07, 6.45) is 1.50. The fraction of sp³-hybridized carbons (Fsp3) is 0.0909. The van der Waals surface area contributed by atoms with Crippen LogP contribution >= 0.6 is 11.6 Å². The van der Waals surface area contributed by atoms with Gasteiger partial charge in [-0.3, -0.25) is 9.79 Å². The molecule has 6 heteroatoms. The number of hydrogen-bond acceptors (Lipinski definition) is 4. The first kappa shape index (κ1) is 19.5. The van der Waals surface area contributed by atoms with Crippen molar-refractivity contribution in [2.45, 2.75) is 6.92 Å². The van der Waals surface area contributed by atoms with Gasteiger partial charge in [-0.2, -0.15) is 0 Å². The van der Waals surface area contributed by atoms with E-state index in [1.807, 2.05) is 25.1 Å². The van der Waals surface area contributed by atoms with E-state index in [-0.39, 0.29) is 17.4 Å². The Balaban J connectivity index is 1.72. The largest absolute Gasteiger partial charge is 0.504 e. The van der Waals surface area contributed by atoms with Gasteiger partial charge in [0.1, 0.15) is 0 Å². The number of carbonyl (C=O) groups is 1. The van der Waals surface area contributed by atoms with Crippen molar-refractivity contribution in [2.75, 3.05) is 12.4 Å². The average molecular weight is 395 g/mol. The Bertz CT molecular complexity index is 1030. The molecule has 0 unspecified atom stereocenters. The molecule has 0 aliphatic heterocycles. The lowest BCUT2D eigenvalue weighted by Gasteiger charge is -2.07. The number of hydrogen-bond donors (Lipinski definition) is 2. The maximum Gasteiger partial charge on any atom is 0.255 e. The van der Waals surface area contributed by atoms with Crippen molar-refractivity contribution in [1.29, 1.82) is 0 Å². The van der Waals surface area contributed by atoms with Gasteiger partial charge in [0.2, 0.25) is 0 Å². The number of rotatable bonds is 5. The number of nitrogens with zero attached hydrogens (tertiary/aromatic N) is 1. The summed E-state index contributed by atoms with van der Waals surface area (Å²) in [5, 5.41) is 13.4. The van der Waals surface area contributed by atoms with Crippen molar-refractivity contribution < 1.29 is 14.6 Å². The van der Waals surface area contributed by atoms with E-state index in [1.165, 1.54) is 19.4 Å². The Morgan fingerprint density at radius 3 is 2.57 bits per heavy atom. The lowest BCUT2D eigenvalue weighted by molar-refractivity contribution is 0.102. The van der Waals surface area contributed by atoms with E-state index in [4.69, 9.17) is 16.3 Å². The highest BCUT2D eigenvalue weighted by molar-refractivity contribution is 6.31. The van der Waals surface area contributed by atoms with E-state index in [2.05, 4.69) is 10.3 Å². The Hall–Kier alpha value is -3.31. The zero-order valence-electron chi connectivity index (χ0n) is 15.4. The molecule has 0 aliphatic rings. The van der Waals surface area contributed by atoms with Crippen LogP contribution in [0, 0.1) is 6.92 Å². The number of aryl methyl sites for hydroxylation is 1. The highest BCUT2D eigenvalue weighted by atomic mass is 35.5. The molecule has 3 aromatic rings. The molecule has 1 amide bonds. The summed E-state index contributed by atoms with van der Waals surface area (Å²) in [6.45, 7) is 1.94. The molecule has 0 bridgehead atoms. The van der Waals surface area contributed by atoms with Gasteiger partial charge in [0.25, 0.3) is 5.91 Å². The number of nitrogens with one attached hydrogen (secondary N) is 1. The lowest BCUT2D eigenvalue weighted by Crippen LogP contribution is -2.11. The Morgan fingerprint density at radius 2 is 1.89 bits per heavy atom. The van der Waals surface area contributed by atoms with E-state index in [9.17, 15) is 9.90 Å². The van der Waals surface area contributed by atoms with Crippen LogP contribution in [0.1, 0.15) is 21.5 Å². The van der Waals surface area contributed by atoms with Gasteiger partial charge in [0.15, 0.2) is 11.5 Å². The predicted molar refractivity (Wildman–Crippen MR) is 112 cm³/mol. The van der Waals surface area contributed by atoms with Crippen LogP contribution in [0.2, 0.25) is 5.02 Å². The summed E-state index contributed by atoms with van der Waals surface area (Å²) < 4.78 is 5.08. The van der Waals surface area contributed by atoms with E-state index < -0.39 is 0 Å². The molecular formula is C22H19ClN2O3. The standard InChI is InChI=1S/C22H19ClN2O3/c1-14-4-3-5-15(10-14)22(27)25-19-8-6-18(7-9-19)24-13-16-11-17(23)12-20(28-2)21(16)26/h3-13,26H,1-2H3,(H,25,27). The Morgan fingerprint density at radius 1 is 1.14 bits per heavy atom. The molecule has 3 rings (SSSR count). The van der Waals surface area contributed by atoms with Gasteiger partial charge in [0.05, 0.1) is 12.8 Å². The van der Waals surface area contributed by atoms with Crippen molar-refractivity contribution in [3.05, 3.63) is 82.4 Å². The lowest BCUT2D eigenvalue weighted by atomic mass is 10.1. The maximum atomic E-state index is 12.3. The first-order valence-electron chi connectivity index (χ1n) is 8.55. The second-order valence-corrected chi connectivity index (χ2v) is 6.61. The van der Waals surface area contributed by atoms with Crippen LogP contribution in [0.5, 0.6) is 11.5 Å². The summed E-state index contributed by atoms with van der Waals surface area (Å²) in [4.78, 5) is 16.6. The van der Waals surface area contributed by atoms with Crippen LogP contribution in [0.3, 0.4) is 0 Å². The molecule has 5 nitrogen and oxygen atoms in total.